The number of phenolic OH excluding ortho intramolecular Hbond substituents is 1. The van der Waals surface area contributed by atoms with Crippen molar-refractivity contribution in [2.45, 2.75) is 6.54 Å². The fraction of sp³-hybridized carbons (Fsp3) is 0.0769. The molecule has 2 aromatic carbocycles. The summed E-state index contributed by atoms with van der Waals surface area (Å²) in [7, 11) is 0. The van der Waals surface area contributed by atoms with E-state index in [0.29, 0.717) is 12.3 Å². The summed E-state index contributed by atoms with van der Waals surface area (Å²) in [6.45, 7) is 0.594. The Balaban J connectivity index is 2.02. The number of hydrogen-bond acceptors (Lipinski definition) is 3. The fourth-order valence-corrected chi connectivity index (χ4v) is 1.46. The van der Waals surface area contributed by atoms with Crippen LogP contribution in [0.3, 0.4) is 0 Å². The number of para-hydroxylation sites is 1. The van der Waals surface area contributed by atoms with Gasteiger partial charge in [-0.25, -0.2) is 0 Å². The lowest BCUT2D eigenvalue weighted by Gasteiger charge is -2.08. The SMILES string of the molecule is Nc1ccc(NCc2ccccc2O)cc1. The van der Waals surface area contributed by atoms with Crippen molar-refractivity contribution in [2.75, 3.05) is 11.1 Å². The van der Waals surface area contributed by atoms with Crippen LogP contribution in [0.5, 0.6) is 5.75 Å². The highest BCUT2D eigenvalue weighted by molar-refractivity contribution is 5.51. The Hall–Kier alpha value is -2.16. The number of aromatic hydroxyl groups is 1. The normalized spacial score (nSPS) is 10.0. The van der Waals surface area contributed by atoms with Crippen LogP contribution in [0.4, 0.5) is 11.4 Å². The van der Waals surface area contributed by atoms with E-state index in [1.165, 1.54) is 0 Å². The summed E-state index contributed by atoms with van der Waals surface area (Å²) >= 11 is 0. The molecule has 0 saturated carbocycles. The van der Waals surface area contributed by atoms with Crippen LogP contribution in [-0.2, 0) is 6.54 Å². The smallest absolute Gasteiger partial charge is 0.120 e. The summed E-state index contributed by atoms with van der Waals surface area (Å²) in [6, 6.07) is 14.8. The van der Waals surface area contributed by atoms with Crippen LogP contribution in [0.25, 0.3) is 0 Å². The first-order chi connectivity index (χ1) is 7.75. The van der Waals surface area contributed by atoms with Gasteiger partial charge in [0.2, 0.25) is 0 Å². The van der Waals surface area contributed by atoms with Crippen LogP contribution in [-0.4, -0.2) is 5.11 Å². The lowest BCUT2D eigenvalue weighted by Crippen LogP contribution is -1.99. The summed E-state index contributed by atoms with van der Waals surface area (Å²) in [6.07, 6.45) is 0. The van der Waals surface area contributed by atoms with Gasteiger partial charge in [-0.1, -0.05) is 18.2 Å². The lowest BCUT2D eigenvalue weighted by molar-refractivity contribution is 0.469. The van der Waals surface area contributed by atoms with Crippen LogP contribution in [0.1, 0.15) is 5.56 Å². The molecule has 0 radical (unpaired) electrons. The fourth-order valence-electron chi connectivity index (χ4n) is 1.46. The maximum absolute atomic E-state index is 9.57. The lowest BCUT2D eigenvalue weighted by atomic mass is 10.2. The monoisotopic (exact) mass is 214 g/mol. The number of nitrogens with two attached hydrogens (primary N) is 1. The zero-order valence-corrected chi connectivity index (χ0v) is 8.85. The average Bonchev–Trinajstić information content (AvgIpc) is 2.30. The van der Waals surface area contributed by atoms with E-state index in [-0.39, 0.29) is 0 Å². The largest absolute Gasteiger partial charge is 0.508 e. The first-order valence-corrected chi connectivity index (χ1v) is 5.12. The number of benzene rings is 2. The van der Waals surface area contributed by atoms with Crippen molar-refractivity contribution in [2.24, 2.45) is 0 Å². The highest BCUT2D eigenvalue weighted by Gasteiger charge is 1.98. The van der Waals surface area contributed by atoms with Gasteiger partial charge in [-0.15, -0.1) is 0 Å². The molecule has 16 heavy (non-hydrogen) atoms. The molecule has 0 aromatic heterocycles. The summed E-state index contributed by atoms with van der Waals surface area (Å²) in [5.41, 5.74) is 8.19. The quantitative estimate of drug-likeness (QED) is 0.688. The molecule has 0 spiro atoms. The highest BCUT2D eigenvalue weighted by Crippen LogP contribution is 2.18. The van der Waals surface area contributed by atoms with E-state index in [1.807, 2.05) is 42.5 Å². The van der Waals surface area contributed by atoms with E-state index in [2.05, 4.69) is 5.32 Å². The third kappa shape index (κ3) is 2.45. The third-order valence-corrected chi connectivity index (χ3v) is 2.39. The van der Waals surface area contributed by atoms with Crippen LogP contribution in [0.15, 0.2) is 48.5 Å². The van der Waals surface area contributed by atoms with Crippen molar-refractivity contribution >= 4 is 11.4 Å². The van der Waals surface area contributed by atoms with Crippen molar-refractivity contribution in [3.8, 4) is 5.75 Å². The van der Waals surface area contributed by atoms with Gasteiger partial charge in [-0.2, -0.15) is 0 Å². The summed E-state index contributed by atoms with van der Waals surface area (Å²) in [5.74, 6) is 0.311. The minimum atomic E-state index is 0.311. The molecule has 2 aromatic rings. The second-order valence-electron chi connectivity index (χ2n) is 3.60. The topological polar surface area (TPSA) is 58.3 Å². The Morgan fingerprint density at radius 3 is 2.38 bits per heavy atom. The predicted octanol–water partition coefficient (Wildman–Crippen LogP) is 2.59. The molecule has 0 bridgehead atoms. The zero-order chi connectivity index (χ0) is 11.4. The van der Waals surface area contributed by atoms with Crippen molar-refractivity contribution in [1.29, 1.82) is 0 Å². The highest BCUT2D eigenvalue weighted by atomic mass is 16.3. The van der Waals surface area contributed by atoms with Crippen LogP contribution < -0.4 is 11.1 Å². The molecule has 0 fully saturated rings. The number of rotatable bonds is 3. The number of hydrogen-bond donors (Lipinski definition) is 3. The molecule has 4 N–H and O–H groups in total. The van der Waals surface area contributed by atoms with Crippen molar-refractivity contribution in [1.82, 2.24) is 0 Å². The number of nitrogens with one attached hydrogen (secondary N) is 1. The minimum absolute atomic E-state index is 0.311. The van der Waals surface area contributed by atoms with Gasteiger partial charge in [-0.3, -0.25) is 0 Å². The predicted molar refractivity (Wildman–Crippen MR) is 66.3 cm³/mol. The summed E-state index contributed by atoms with van der Waals surface area (Å²) < 4.78 is 0. The zero-order valence-electron chi connectivity index (χ0n) is 8.85. The second-order valence-corrected chi connectivity index (χ2v) is 3.60. The van der Waals surface area contributed by atoms with Gasteiger partial charge in [0.25, 0.3) is 0 Å². The molecule has 0 atom stereocenters. The van der Waals surface area contributed by atoms with E-state index in [9.17, 15) is 5.11 Å². The minimum Gasteiger partial charge on any atom is -0.508 e. The van der Waals surface area contributed by atoms with Crippen LogP contribution >= 0.6 is 0 Å². The third-order valence-electron chi connectivity index (χ3n) is 2.39. The molecule has 0 aliphatic rings. The van der Waals surface area contributed by atoms with Crippen LogP contribution in [0.2, 0.25) is 0 Å². The van der Waals surface area contributed by atoms with E-state index in [0.717, 1.165) is 16.9 Å². The van der Waals surface area contributed by atoms with Gasteiger partial charge in [0.05, 0.1) is 0 Å². The number of phenols is 1. The maximum atomic E-state index is 9.57. The Morgan fingerprint density at radius 2 is 1.69 bits per heavy atom. The molecule has 3 nitrogen and oxygen atoms in total. The molecule has 0 aliphatic carbocycles. The number of nitrogen functional groups attached to an aromatic ring is 1. The molecule has 0 unspecified atom stereocenters. The van der Waals surface area contributed by atoms with Gasteiger partial charge >= 0.3 is 0 Å². The Bertz CT molecular complexity index is 466. The summed E-state index contributed by atoms with van der Waals surface area (Å²) in [5, 5.41) is 12.8. The van der Waals surface area contributed by atoms with Crippen molar-refractivity contribution in [3.63, 3.8) is 0 Å². The molecule has 0 amide bonds. The van der Waals surface area contributed by atoms with Gasteiger partial charge in [-0.05, 0) is 30.3 Å². The van der Waals surface area contributed by atoms with E-state index in [4.69, 9.17) is 5.73 Å². The first kappa shape index (κ1) is 10.4. The standard InChI is InChI=1S/C13H14N2O/c14-11-5-7-12(8-6-11)15-9-10-3-1-2-4-13(10)16/h1-8,15-16H,9,14H2. The number of anilines is 2. The Labute approximate surface area is 94.5 Å². The van der Waals surface area contributed by atoms with Crippen LogP contribution in [0, 0.1) is 0 Å². The molecule has 0 aliphatic heterocycles. The van der Waals surface area contributed by atoms with Gasteiger partial charge in [0.1, 0.15) is 5.75 Å². The summed E-state index contributed by atoms with van der Waals surface area (Å²) in [4.78, 5) is 0. The first-order valence-electron chi connectivity index (χ1n) is 5.12. The molecule has 0 saturated heterocycles. The van der Waals surface area contributed by atoms with Gasteiger partial charge in [0, 0.05) is 23.5 Å². The van der Waals surface area contributed by atoms with Gasteiger partial charge in [0.15, 0.2) is 0 Å². The average molecular weight is 214 g/mol. The molecule has 3 heteroatoms. The van der Waals surface area contributed by atoms with E-state index in [1.54, 1.807) is 6.07 Å². The molecule has 2 rings (SSSR count). The van der Waals surface area contributed by atoms with Gasteiger partial charge < -0.3 is 16.2 Å². The van der Waals surface area contributed by atoms with E-state index >= 15 is 0 Å². The Morgan fingerprint density at radius 1 is 1.00 bits per heavy atom. The second kappa shape index (κ2) is 4.57. The molecular formula is C13H14N2O. The molecule has 0 heterocycles. The van der Waals surface area contributed by atoms with Crippen molar-refractivity contribution < 1.29 is 5.11 Å². The molecular weight excluding hydrogens is 200 g/mol. The van der Waals surface area contributed by atoms with Crippen molar-refractivity contribution in [3.05, 3.63) is 54.1 Å². The van der Waals surface area contributed by atoms with E-state index < -0.39 is 0 Å². The maximum Gasteiger partial charge on any atom is 0.120 e. The Kier molecular flexibility index (Phi) is 2.96. The molecule has 82 valence electrons.